The van der Waals surface area contributed by atoms with Gasteiger partial charge in [0.05, 0.1) is 24.6 Å². The molecule has 1 rings (SSSR count). The van der Waals surface area contributed by atoms with E-state index in [9.17, 15) is 9.59 Å². The quantitative estimate of drug-likeness (QED) is 0.323. The number of esters is 2. The number of nitrogens with one attached hydrogen (secondary N) is 1. The third kappa shape index (κ3) is 5.12. The van der Waals surface area contributed by atoms with Gasteiger partial charge in [0, 0.05) is 0 Å². The Hall–Kier alpha value is -2.51. The maximum Gasteiger partial charge on any atom is 0.325 e. The van der Waals surface area contributed by atoms with Crippen molar-refractivity contribution in [3.05, 3.63) is 17.8 Å². The lowest BCUT2D eigenvalue weighted by molar-refractivity contribution is -0.142. The number of aromatic amines is 1. The zero-order valence-corrected chi connectivity index (χ0v) is 13.0. The van der Waals surface area contributed by atoms with Crippen LogP contribution in [0.25, 0.3) is 0 Å². The maximum absolute atomic E-state index is 11.7. The summed E-state index contributed by atoms with van der Waals surface area (Å²) < 4.78 is 9.80. The van der Waals surface area contributed by atoms with Crippen LogP contribution in [0.15, 0.2) is 17.3 Å². The summed E-state index contributed by atoms with van der Waals surface area (Å²) in [5, 5.41) is 11.9. The van der Waals surface area contributed by atoms with E-state index in [0.29, 0.717) is 17.2 Å². The van der Waals surface area contributed by atoms with Gasteiger partial charge in [0.15, 0.2) is 0 Å². The van der Waals surface area contributed by atoms with Crippen molar-refractivity contribution in [1.29, 1.82) is 0 Å². The molecule has 8 heteroatoms. The Morgan fingerprint density at radius 3 is 2.18 bits per heavy atom. The predicted molar refractivity (Wildman–Crippen MR) is 80.3 cm³/mol. The molecule has 0 spiro atoms. The Morgan fingerprint density at radius 2 is 1.73 bits per heavy atom. The second kappa shape index (κ2) is 8.71. The number of nitrogens with zero attached hydrogens (tertiary/aromatic N) is 2. The molecular formula is C14H21N3O5. The van der Waals surface area contributed by atoms with Crippen LogP contribution in [0.1, 0.15) is 26.5 Å². The van der Waals surface area contributed by atoms with Gasteiger partial charge >= 0.3 is 11.9 Å². The highest BCUT2D eigenvalue weighted by molar-refractivity contribution is 5.97. The summed E-state index contributed by atoms with van der Waals surface area (Å²) in [5.74, 6) is -0.370. The number of oxime groups is 1. The fourth-order valence-corrected chi connectivity index (χ4v) is 1.78. The second-order valence-electron chi connectivity index (χ2n) is 4.41. The number of hydrogen-bond acceptors (Lipinski definition) is 7. The molecule has 1 aromatic heterocycles. The smallest absolute Gasteiger partial charge is 0.325 e. The summed E-state index contributed by atoms with van der Waals surface area (Å²) >= 11 is 0. The third-order valence-corrected chi connectivity index (χ3v) is 2.80. The molecule has 0 aromatic carbocycles. The van der Waals surface area contributed by atoms with E-state index in [1.54, 1.807) is 32.9 Å². The van der Waals surface area contributed by atoms with Gasteiger partial charge in [-0.1, -0.05) is 5.16 Å². The Labute approximate surface area is 128 Å². The van der Waals surface area contributed by atoms with Crippen molar-refractivity contribution in [3.63, 3.8) is 0 Å². The zero-order chi connectivity index (χ0) is 16.5. The van der Waals surface area contributed by atoms with Gasteiger partial charge in [0.25, 0.3) is 0 Å². The van der Waals surface area contributed by atoms with Crippen LogP contribution in [-0.2, 0) is 19.1 Å². The number of aromatic nitrogens is 1. The molecule has 0 radical (unpaired) electrons. The zero-order valence-electron chi connectivity index (χ0n) is 13.0. The van der Waals surface area contributed by atoms with Crippen LogP contribution in [-0.4, -0.2) is 54.1 Å². The van der Waals surface area contributed by atoms with Crippen LogP contribution in [0.3, 0.4) is 0 Å². The summed E-state index contributed by atoms with van der Waals surface area (Å²) in [6.45, 7) is 5.37. The van der Waals surface area contributed by atoms with Gasteiger partial charge in [-0.25, -0.2) is 0 Å². The lowest BCUT2D eigenvalue weighted by atomic mass is 10.3. The highest BCUT2D eigenvalue weighted by atomic mass is 16.5. The first kappa shape index (κ1) is 17.5. The van der Waals surface area contributed by atoms with Gasteiger partial charge in [0.2, 0.25) is 0 Å². The molecule has 0 unspecified atom stereocenters. The Balaban J connectivity index is 2.90. The van der Waals surface area contributed by atoms with Crippen molar-refractivity contribution in [2.24, 2.45) is 5.16 Å². The van der Waals surface area contributed by atoms with Gasteiger partial charge in [0.1, 0.15) is 18.9 Å². The molecule has 122 valence electrons. The highest BCUT2D eigenvalue weighted by Gasteiger charge is 2.18. The molecule has 2 N–H and O–H groups in total. The molecule has 0 bridgehead atoms. The Kier molecular flexibility index (Phi) is 6.94. The Morgan fingerprint density at radius 1 is 1.18 bits per heavy atom. The molecule has 0 amide bonds. The first-order valence-electron chi connectivity index (χ1n) is 6.96. The van der Waals surface area contributed by atoms with Gasteiger partial charge in [-0.2, -0.15) is 0 Å². The van der Waals surface area contributed by atoms with Crippen LogP contribution in [0.4, 0.5) is 5.82 Å². The van der Waals surface area contributed by atoms with E-state index in [1.807, 2.05) is 0 Å². The molecule has 0 saturated heterocycles. The van der Waals surface area contributed by atoms with Crippen LogP contribution in [0, 0.1) is 0 Å². The van der Waals surface area contributed by atoms with Crippen molar-refractivity contribution in [1.82, 2.24) is 4.98 Å². The predicted octanol–water partition coefficient (Wildman–Crippen LogP) is 1.15. The number of rotatable bonds is 8. The molecule has 0 aliphatic carbocycles. The molecule has 1 aromatic rings. The van der Waals surface area contributed by atoms with Crippen molar-refractivity contribution >= 4 is 23.5 Å². The number of carbonyl (C=O) groups excluding carboxylic acids is 2. The second-order valence-corrected chi connectivity index (χ2v) is 4.41. The number of anilines is 1. The molecule has 0 aliphatic rings. The topological polar surface area (TPSA) is 104 Å². The molecule has 0 atom stereocenters. The fraction of sp³-hybridized carbons (Fsp3) is 0.500. The van der Waals surface area contributed by atoms with Crippen LogP contribution < -0.4 is 4.90 Å². The van der Waals surface area contributed by atoms with E-state index >= 15 is 0 Å². The summed E-state index contributed by atoms with van der Waals surface area (Å²) in [6, 6.07) is 3.37. The summed E-state index contributed by atoms with van der Waals surface area (Å²) in [7, 11) is 0. The van der Waals surface area contributed by atoms with E-state index < -0.39 is 11.9 Å². The fourth-order valence-electron chi connectivity index (χ4n) is 1.78. The first-order valence-corrected chi connectivity index (χ1v) is 6.96. The Bertz CT molecular complexity index is 518. The lowest BCUT2D eigenvalue weighted by Gasteiger charge is -2.21. The molecule has 0 saturated carbocycles. The average Bonchev–Trinajstić information content (AvgIpc) is 2.96. The van der Waals surface area contributed by atoms with Crippen LogP contribution in [0.2, 0.25) is 0 Å². The van der Waals surface area contributed by atoms with Gasteiger partial charge in [-0.05, 0) is 32.9 Å². The van der Waals surface area contributed by atoms with Crippen molar-refractivity contribution in [2.75, 3.05) is 31.2 Å². The molecule has 0 fully saturated rings. The SMILES string of the molecule is CCOC(=O)CN(CC(=O)OCC)c1ccc(C(C)=NO)[nH]1. The number of H-pyrrole nitrogens is 1. The summed E-state index contributed by atoms with van der Waals surface area (Å²) in [4.78, 5) is 27.8. The van der Waals surface area contributed by atoms with Crippen molar-refractivity contribution in [3.8, 4) is 0 Å². The van der Waals surface area contributed by atoms with Gasteiger partial charge in [-0.15, -0.1) is 0 Å². The minimum absolute atomic E-state index is 0.0953. The van der Waals surface area contributed by atoms with Crippen LogP contribution in [0.5, 0.6) is 0 Å². The van der Waals surface area contributed by atoms with Crippen LogP contribution >= 0.6 is 0 Å². The molecule has 0 aliphatic heterocycles. The normalized spacial score (nSPS) is 11.1. The summed E-state index contributed by atoms with van der Waals surface area (Å²) in [5.41, 5.74) is 0.966. The number of ether oxygens (including phenoxy) is 2. The minimum atomic E-state index is -0.449. The van der Waals surface area contributed by atoms with Crippen molar-refractivity contribution in [2.45, 2.75) is 20.8 Å². The summed E-state index contributed by atoms with van der Waals surface area (Å²) in [6.07, 6.45) is 0. The first-order chi connectivity index (χ1) is 10.5. The largest absolute Gasteiger partial charge is 0.465 e. The average molecular weight is 311 g/mol. The molecule has 8 nitrogen and oxygen atoms in total. The van der Waals surface area contributed by atoms with Crippen molar-refractivity contribution < 1.29 is 24.3 Å². The molecule has 22 heavy (non-hydrogen) atoms. The standard InChI is InChI=1S/C14H21N3O5/c1-4-21-13(18)8-17(9-14(19)22-5-2)12-7-6-11(15-12)10(3)16-20/h6-7,15,20H,4-5,8-9H2,1-3H3. The van der Waals surface area contributed by atoms with E-state index in [0.717, 1.165) is 0 Å². The number of hydrogen-bond donors (Lipinski definition) is 2. The minimum Gasteiger partial charge on any atom is -0.465 e. The van der Waals surface area contributed by atoms with E-state index in [4.69, 9.17) is 14.7 Å². The molecule has 1 heterocycles. The lowest BCUT2D eigenvalue weighted by Crippen LogP contribution is -2.36. The van der Waals surface area contributed by atoms with E-state index in [2.05, 4.69) is 10.1 Å². The monoisotopic (exact) mass is 311 g/mol. The van der Waals surface area contributed by atoms with Gasteiger partial charge < -0.3 is 24.6 Å². The van der Waals surface area contributed by atoms with E-state index in [-0.39, 0.29) is 26.3 Å². The number of carbonyl (C=O) groups is 2. The van der Waals surface area contributed by atoms with E-state index in [1.165, 1.54) is 4.90 Å². The van der Waals surface area contributed by atoms with Gasteiger partial charge in [-0.3, -0.25) is 9.59 Å². The maximum atomic E-state index is 11.7. The molecular weight excluding hydrogens is 290 g/mol. The highest BCUT2D eigenvalue weighted by Crippen LogP contribution is 2.14. The third-order valence-electron chi connectivity index (χ3n) is 2.80.